The van der Waals surface area contributed by atoms with E-state index in [1.807, 2.05) is 0 Å². The largest absolute Gasteiger partial charge is 0.469 e. The van der Waals surface area contributed by atoms with Crippen molar-refractivity contribution in [3.05, 3.63) is 0 Å². The quantitative estimate of drug-likeness (QED) is 0.387. The van der Waals surface area contributed by atoms with E-state index in [0.29, 0.717) is 6.42 Å². The molecule has 0 spiro atoms. The predicted octanol–water partition coefficient (Wildman–Crippen LogP) is 4.72. The first kappa shape index (κ1) is 16.5. The van der Waals surface area contributed by atoms with Crippen LogP contribution in [0, 0.1) is 5.92 Å². The maximum Gasteiger partial charge on any atom is 0.305 e. The Morgan fingerprint density at radius 1 is 1.00 bits per heavy atom. The van der Waals surface area contributed by atoms with Gasteiger partial charge in [-0.1, -0.05) is 65.2 Å². The van der Waals surface area contributed by atoms with Gasteiger partial charge < -0.3 is 4.74 Å². The highest BCUT2D eigenvalue weighted by Gasteiger charge is 2.00. The lowest BCUT2D eigenvalue weighted by Crippen LogP contribution is -1.99. The Morgan fingerprint density at radius 2 is 1.53 bits per heavy atom. The van der Waals surface area contributed by atoms with Crippen molar-refractivity contribution in [1.82, 2.24) is 0 Å². The molecule has 0 aliphatic rings. The fraction of sp³-hybridized carbons (Fsp3) is 0.933. The van der Waals surface area contributed by atoms with Crippen molar-refractivity contribution in [2.45, 2.75) is 78.1 Å². The van der Waals surface area contributed by atoms with E-state index in [1.54, 1.807) is 0 Å². The summed E-state index contributed by atoms with van der Waals surface area (Å²) in [7, 11) is 1.46. The summed E-state index contributed by atoms with van der Waals surface area (Å²) in [4.78, 5) is 10.9. The molecule has 0 fully saturated rings. The number of carbonyl (C=O) groups is 1. The molecule has 2 nitrogen and oxygen atoms in total. The molecule has 102 valence electrons. The third-order valence-electron chi connectivity index (χ3n) is 3.50. The van der Waals surface area contributed by atoms with Gasteiger partial charge in [0.2, 0.25) is 0 Å². The van der Waals surface area contributed by atoms with Crippen molar-refractivity contribution in [3.8, 4) is 0 Å². The highest BCUT2D eigenvalue weighted by molar-refractivity contribution is 5.68. The summed E-state index contributed by atoms with van der Waals surface area (Å²) in [6.07, 6.45) is 12.1. The molecule has 0 bridgehead atoms. The van der Waals surface area contributed by atoms with E-state index in [1.165, 1.54) is 58.5 Å². The lowest BCUT2D eigenvalue weighted by atomic mass is 10.00. The van der Waals surface area contributed by atoms with Crippen LogP contribution in [0.3, 0.4) is 0 Å². The number of unbranched alkanes of at least 4 members (excludes halogenated alkanes) is 6. The normalized spacial score (nSPS) is 12.4. The zero-order valence-electron chi connectivity index (χ0n) is 12.0. The Hall–Kier alpha value is -0.530. The minimum Gasteiger partial charge on any atom is -0.469 e. The van der Waals surface area contributed by atoms with E-state index in [9.17, 15) is 4.79 Å². The van der Waals surface area contributed by atoms with Crippen LogP contribution in [-0.2, 0) is 9.53 Å². The average molecular weight is 242 g/mol. The molecule has 0 rings (SSSR count). The van der Waals surface area contributed by atoms with Crippen molar-refractivity contribution in [1.29, 1.82) is 0 Å². The molecule has 2 heteroatoms. The number of ether oxygens (including phenoxy) is 1. The number of hydrogen-bond acceptors (Lipinski definition) is 2. The summed E-state index contributed by atoms with van der Waals surface area (Å²) in [5.41, 5.74) is 0. The van der Waals surface area contributed by atoms with Crippen LogP contribution in [0.1, 0.15) is 78.1 Å². The van der Waals surface area contributed by atoms with Crippen LogP contribution in [-0.4, -0.2) is 13.1 Å². The molecule has 0 aliphatic heterocycles. The van der Waals surface area contributed by atoms with E-state index >= 15 is 0 Å². The average Bonchev–Trinajstić information content (AvgIpc) is 2.35. The van der Waals surface area contributed by atoms with Crippen LogP contribution in [0.2, 0.25) is 0 Å². The Kier molecular flexibility index (Phi) is 11.6. The van der Waals surface area contributed by atoms with E-state index in [4.69, 9.17) is 0 Å². The van der Waals surface area contributed by atoms with Crippen LogP contribution in [0.4, 0.5) is 0 Å². The maximum atomic E-state index is 10.9. The fourth-order valence-corrected chi connectivity index (χ4v) is 1.95. The molecule has 1 atom stereocenters. The van der Waals surface area contributed by atoms with Gasteiger partial charge in [-0.15, -0.1) is 0 Å². The lowest BCUT2D eigenvalue weighted by molar-refractivity contribution is -0.140. The van der Waals surface area contributed by atoms with E-state index in [-0.39, 0.29) is 5.97 Å². The Morgan fingerprint density at radius 3 is 2.06 bits per heavy atom. The van der Waals surface area contributed by atoms with Gasteiger partial charge in [-0.3, -0.25) is 4.79 Å². The number of rotatable bonds is 11. The summed E-state index contributed by atoms with van der Waals surface area (Å²) in [6.45, 7) is 4.61. The topological polar surface area (TPSA) is 26.3 Å². The van der Waals surface area contributed by atoms with Gasteiger partial charge in [-0.05, 0) is 12.3 Å². The van der Waals surface area contributed by atoms with Crippen LogP contribution in [0.25, 0.3) is 0 Å². The summed E-state index contributed by atoms with van der Waals surface area (Å²) >= 11 is 0. The van der Waals surface area contributed by atoms with Gasteiger partial charge in [0.05, 0.1) is 7.11 Å². The molecule has 0 aromatic heterocycles. The second-order valence-corrected chi connectivity index (χ2v) is 5.10. The Bertz CT molecular complexity index is 178. The molecular formula is C15H30O2. The molecule has 0 aromatic carbocycles. The van der Waals surface area contributed by atoms with Gasteiger partial charge in [0.25, 0.3) is 0 Å². The SMILES string of the molecule is CC[C@H](C)CCCCCCCCCC(=O)OC. The summed E-state index contributed by atoms with van der Waals surface area (Å²) in [5.74, 6) is 0.827. The molecule has 0 unspecified atom stereocenters. The smallest absolute Gasteiger partial charge is 0.305 e. The zero-order chi connectivity index (χ0) is 12.9. The number of methoxy groups -OCH3 is 1. The van der Waals surface area contributed by atoms with E-state index < -0.39 is 0 Å². The highest BCUT2D eigenvalue weighted by Crippen LogP contribution is 2.14. The standard InChI is InChI=1S/C15H30O2/c1-4-14(2)12-10-8-6-5-7-9-11-13-15(16)17-3/h14H,4-13H2,1-3H3/t14-/m0/s1. The number of hydrogen-bond donors (Lipinski definition) is 0. The van der Waals surface area contributed by atoms with Crippen molar-refractivity contribution in [2.24, 2.45) is 5.92 Å². The lowest BCUT2D eigenvalue weighted by Gasteiger charge is -2.07. The van der Waals surface area contributed by atoms with Gasteiger partial charge in [-0.25, -0.2) is 0 Å². The second-order valence-electron chi connectivity index (χ2n) is 5.10. The molecular weight excluding hydrogens is 212 g/mol. The van der Waals surface area contributed by atoms with Gasteiger partial charge in [0.1, 0.15) is 0 Å². The van der Waals surface area contributed by atoms with Crippen LogP contribution in [0.5, 0.6) is 0 Å². The summed E-state index contributed by atoms with van der Waals surface area (Å²) in [5, 5.41) is 0. The molecule has 0 aromatic rings. The summed E-state index contributed by atoms with van der Waals surface area (Å²) in [6, 6.07) is 0. The van der Waals surface area contributed by atoms with Crippen LogP contribution < -0.4 is 0 Å². The highest BCUT2D eigenvalue weighted by atomic mass is 16.5. The second kappa shape index (κ2) is 11.9. The van der Waals surface area contributed by atoms with Gasteiger partial charge in [0.15, 0.2) is 0 Å². The van der Waals surface area contributed by atoms with Gasteiger partial charge in [0, 0.05) is 6.42 Å². The third kappa shape index (κ3) is 11.7. The number of carbonyl (C=O) groups excluding carboxylic acids is 1. The maximum absolute atomic E-state index is 10.9. The number of esters is 1. The molecule has 0 amide bonds. The Balaban J connectivity index is 3.06. The first-order chi connectivity index (χ1) is 8.20. The van der Waals surface area contributed by atoms with Gasteiger partial charge in [-0.2, -0.15) is 0 Å². The summed E-state index contributed by atoms with van der Waals surface area (Å²) < 4.78 is 4.60. The van der Waals surface area contributed by atoms with Crippen molar-refractivity contribution in [2.75, 3.05) is 7.11 Å². The van der Waals surface area contributed by atoms with Crippen molar-refractivity contribution >= 4 is 5.97 Å². The van der Waals surface area contributed by atoms with Crippen molar-refractivity contribution in [3.63, 3.8) is 0 Å². The van der Waals surface area contributed by atoms with E-state index in [0.717, 1.165) is 12.3 Å². The van der Waals surface area contributed by atoms with E-state index in [2.05, 4.69) is 18.6 Å². The molecule has 0 saturated heterocycles. The third-order valence-corrected chi connectivity index (χ3v) is 3.50. The first-order valence-electron chi connectivity index (χ1n) is 7.27. The minimum atomic E-state index is -0.0708. The molecule has 17 heavy (non-hydrogen) atoms. The van der Waals surface area contributed by atoms with Crippen LogP contribution in [0.15, 0.2) is 0 Å². The molecule has 0 heterocycles. The Labute approximate surface area is 107 Å². The predicted molar refractivity (Wildman–Crippen MR) is 73.0 cm³/mol. The molecule has 0 N–H and O–H groups in total. The van der Waals surface area contributed by atoms with Gasteiger partial charge >= 0.3 is 5.97 Å². The van der Waals surface area contributed by atoms with Crippen LogP contribution >= 0.6 is 0 Å². The minimum absolute atomic E-state index is 0.0708. The molecule has 0 aliphatic carbocycles. The molecule has 0 radical (unpaired) electrons. The monoisotopic (exact) mass is 242 g/mol. The fourth-order valence-electron chi connectivity index (χ4n) is 1.95. The molecule has 0 saturated carbocycles. The van der Waals surface area contributed by atoms with Crippen molar-refractivity contribution < 1.29 is 9.53 Å². The first-order valence-corrected chi connectivity index (χ1v) is 7.27. The zero-order valence-corrected chi connectivity index (χ0v) is 12.0.